The molecule has 23 heavy (non-hydrogen) atoms. The largest absolute Gasteiger partial charge is 0.456 e. The minimum absolute atomic E-state index is 0.258. The van der Waals surface area contributed by atoms with Crippen LogP contribution < -0.4 is 0 Å². The van der Waals surface area contributed by atoms with E-state index in [2.05, 4.69) is 9.97 Å². The first-order valence-corrected chi connectivity index (χ1v) is 8.81. The molecule has 0 saturated carbocycles. The zero-order valence-electron chi connectivity index (χ0n) is 13.1. The van der Waals surface area contributed by atoms with Gasteiger partial charge in [-0.3, -0.25) is 0 Å². The number of thiazole rings is 2. The maximum absolute atomic E-state index is 12.3. The van der Waals surface area contributed by atoms with E-state index in [4.69, 9.17) is 4.74 Å². The van der Waals surface area contributed by atoms with Crippen molar-refractivity contribution in [2.75, 3.05) is 0 Å². The summed E-state index contributed by atoms with van der Waals surface area (Å²) in [4.78, 5) is 22.7. The Balaban J connectivity index is 1.75. The highest BCUT2D eigenvalue weighted by Gasteiger charge is 2.18. The molecule has 0 spiro atoms. The van der Waals surface area contributed by atoms with Gasteiger partial charge in [0.05, 0.1) is 21.3 Å². The van der Waals surface area contributed by atoms with Crippen LogP contribution in [-0.4, -0.2) is 15.9 Å². The normalized spacial score (nSPS) is 10.7. The quantitative estimate of drug-likeness (QED) is 0.652. The lowest BCUT2D eigenvalue weighted by molar-refractivity contribution is 0.0481. The second-order valence-corrected chi connectivity index (χ2v) is 7.40. The van der Waals surface area contributed by atoms with Crippen molar-refractivity contribution in [3.05, 3.63) is 56.5 Å². The van der Waals surface area contributed by atoms with Crippen molar-refractivity contribution < 1.29 is 9.53 Å². The Labute approximate surface area is 142 Å². The number of nitrogens with zero attached hydrogens (tertiary/aromatic N) is 2. The second-order valence-electron chi connectivity index (χ2n) is 5.12. The molecular weight excluding hydrogens is 328 g/mol. The molecule has 0 N–H and O–H groups in total. The highest BCUT2D eigenvalue weighted by Crippen LogP contribution is 2.28. The number of esters is 1. The molecule has 3 aromatic rings. The summed E-state index contributed by atoms with van der Waals surface area (Å²) in [7, 11) is 0. The number of rotatable bonds is 4. The molecule has 0 bridgehead atoms. The lowest BCUT2D eigenvalue weighted by Crippen LogP contribution is -2.04. The Morgan fingerprint density at radius 3 is 2.43 bits per heavy atom. The third-order valence-corrected chi connectivity index (χ3v) is 5.57. The van der Waals surface area contributed by atoms with Crippen LogP contribution in [0.1, 0.15) is 30.9 Å². The molecule has 0 fully saturated rings. The highest BCUT2D eigenvalue weighted by atomic mass is 32.1. The van der Waals surface area contributed by atoms with Gasteiger partial charge in [0.25, 0.3) is 0 Å². The summed E-state index contributed by atoms with van der Waals surface area (Å²) >= 11 is 2.92. The summed E-state index contributed by atoms with van der Waals surface area (Å²) in [5.74, 6) is -0.326. The van der Waals surface area contributed by atoms with Gasteiger partial charge in [-0.2, -0.15) is 0 Å². The fourth-order valence-electron chi connectivity index (χ4n) is 2.19. The number of carbonyl (C=O) groups is 1. The topological polar surface area (TPSA) is 52.1 Å². The van der Waals surface area contributed by atoms with Gasteiger partial charge in [0, 0.05) is 5.56 Å². The Hall–Kier alpha value is -2.05. The molecule has 0 saturated heterocycles. The molecular formula is C17H16N2O2S2. The summed E-state index contributed by atoms with van der Waals surface area (Å²) < 4.78 is 5.44. The Morgan fingerprint density at radius 1 is 1.04 bits per heavy atom. The van der Waals surface area contributed by atoms with Crippen LogP contribution in [0.15, 0.2) is 30.3 Å². The molecule has 4 nitrogen and oxygen atoms in total. The van der Waals surface area contributed by atoms with E-state index in [9.17, 15) is 4.79 Å². The van der Waals surface area contributed by atoms with E-state index in [1.54, 1.807) is 11.3 Å². The van der Waals surface area contributed by atoms with Gasteiger partial charge in [-0.15, -0.1) is 22.7 Å². The number of ether oxygens (including phenoxy) is 1. The van der Waals surface area contributed by atoms with Crippen LogP contribution in [-0.2, 0) is 11.3 Å². The molecule has 0 atom stereocenters. The molecule has 6 heteroatoms. The number of aromatic nitrogens is 2. The van der Waals surface area contributed by atoms with Crippen LogP contribution in [0.4, 0.5) is 0 Å². The number of carbonyl (C=O) groups excluding carboxylic acids is 1. The third kappa shape index (κ3) is 3.48. The minimum Gasteiger partial charge on any atom is -0.456 e. The Bertz CT molecular complexity index is 838. The van der Waals surface area contributed by atoms with Gasteiger partial charge in [0.1, 0.15) is 16.5 Å². The van der Waals surface area contributed by atoms with Gasteiger partial charge < -0.3 is 4.74 Å². The molecule has 0 amide bonds. The monoisotopic (exact) mass is 344 g/mol. The average Bonchev–Trinajstić information content (AvgIpc) is 3.08. The summed E-state index contributed by atoms with van der Waals surface area (Å²) in [6.07, 6.45) is 0. The van der Waals surface area contributed by atoms with E-state index in [-0.39, 0.29) is 12.6 Å². The molecule has 0 aliphatic heterocycles. The van der Waals surface area contributed by atoms with Crippen LogP contribution in [0.2, 0.25) is 0 Å². The molecule has 0 unspecified atom stereocenters. The summed E-state index contributed by atoms with van der Waals surface area (Å²) in [6, 6.07) is 9.84. The van der Waals surface area contributed by atoms with Crippen LogP contribution in [0.5, 0.6) is 0 Å². The van der Waals surface area contributed by atoms with Gasteiger partial charge >= 0.3 is 5.97 Å². The van der Waals surface area contributed by atoms with E-state index in [1.165, 1.54) is 11.3 Å². The smallest absolute Gasteiger partial charge is 0.350 e. The maximum Gasteiger partial charge on any atom is 0.350 e. The molecule has 118 valence electrons. The number of hydrogen-bond donors (Lipinski definition) is 0. The van der Waals surface area contributed by atoms with E-state index in [0.29, 0.717) is 10.6 Å². The fraction of sp³-hybridized carbons (Fsp3) is 0.235. The Kier molecular flexibility index (Phi) is 4.54. The van der Waals surface area contributed by atoms with E-state index in [1.807, 2.05) is 51.1 Å². The number of aryl methyl sites for hydroxylation is 3. The van der Waals surface area contributed by atoms with Crippen molar-refractivity contribution in [2.45, 2.75) is 27.4 Å². The van der Waals surface area contributed by atoms with E-state index < -0.39 is 0 Å². The van der Waals surface area contributed by atoms with Crippen LogP contribution >= 0.6 is 22.7 Å². The van der Waals surface area contributed by atoms with Crippen molar-refractivity contribution in [2.24, 2.45) is 0 Å². The van der Waals surface area contributed by atoms with Crippen molar-refractivity contribution >= 4 is 28.6 Å². The van der Waals surface area contributed by atoms with Crippen LogP contribution in [0.25, 0.3) is 10.6 Å². The first kappa shape index (κ1) is 15.8. The minimum atomic E-state index is -0.326. The van der Waals surface area contributed by atoms with E-state index >= 15 is 0 Å². The number of hydrogen-bond acceptors (Lipinski definition) is 6. The van der Waals surface area contributed by atoms with Crippen molar-refractivity contribution in [1.82, 2.24) is 9.97 Å². The van der Waals surface area contributed by atoms with Crippen molar-refractivity contribution in [3.63, 3.8) is 0 Å². The summed E-state index contributed by atoms with van der Waals surface area (Å²) in [5, 5.41) is 1.81. The third-order valence-electron chi connectivity index (χ3n) is 3.34. The predicted molar refractivity (Wildman–Crippen MR) is 93.0 cm³/mol. The van der Waals surface area contributed by atoms with E-state index in [0.717, 1.165) is 26.1 Å². The van der Waals surface area contributed by atoms with Crippen molar-refractivity contribution in [3.8, 4) is 10.6 Å². The molecule has 2 aromatic heterocycles. The van der Waals surface area contributed by atoms with Gasteiger partial charge in [0.2, 0.25) is 0 Å². The molecule has 1 aromatic carbocycles. The lowest BCUT2D eigenvalue weighted by atomic mass is 10.2. The average molecular weight is 344 g/mol. The SMILES string of the molecule is Cc1nc(C)c(COC(=O)c2sc(-c3ccccc3)nc2C)s1. The zero-order valence-corrected chi connectivity index (χ0v) is 14.8. The summed E-state index contributed by atoms with van der Waals surface area (Å²) in [5.41, 5.74) is 2.64. The molecule has 0 radical (unpaired) electrons. The zero-order chi connectivity index (χ0) is 16.4. The highest BCUT2D eigenvalue weighted by molar-refractivity contribution is 7.17. The first-order valence-electron chi connectivity index (χ1n) is 7.17. The first-order chi connectivity index (χ1) is 11.0. The van der Waals surface area contributed by atoms with Crippen LogP contribution in [0.3, 0.4) is 0 Å². The molecule has 0 aliphatic rings. The Morgan fingerprint density at radius 2 is 1.78 bits per heavy atom. The van der Waals surface area contributed by atoms with Gasteiger partial charge in [-0.05, 0) is 20.8 Å². The number of benzene rings is 1. The maximum atomic E-state index is 12.3. The van der Waals surface area contributed by atoms with Crippen molar-refractivity contribution in [1.29, 1.82) is 0 Å². The van der Waals surface area contributed by atoms with Gasteiger partial charge in [0.15, 0.2) is 0 Å². The van der Waals surface area contributed by atoms with Crippen LogP contribution in [0, 0.1) is 20.8 Å². The summed E-state index contributed by atoms with van der Waals surface area (Å²) in [6.45, 7) is 5.97. The molecule has 2 heterocycles. The van der Waals surface area contributed by atoms with Gasteiger partial charge in [-0.25, -0.2) is 14.8 Å². The molecule has 0 aliphatic carbocycles. The second kappa shape index (κ2) is 6.60. The fourth-order valence-corrected chi connectivity index (χ4v) is 4.01. The molecule has 3 rings (SSSR count). The van der Waals surface area contributed by atoms with Gasteiger partial charge in [-0.1, -0.05) is 30.3 Å². The standard InChI is InChI=1S/C17H16N2O2S2/c1-10-14(22-12(3)18-10)9-21-17(20)15-11(2)19-16(23-15)13-7-5-4-6-8-13/h4-8H,9H2,1-3H3. The predicted octanol–water partition coefficient (Wildman–Crippen LogP) is 4.55. The lowest BCUT2D eigenvalue weighted by Gasteiger charge is -2.02.